The van der Waals surface area contributed by atoms with E-state index in [2.05, 4.69) is 22.0 Å². The minimum atomic E-state index is -0.456. The van der Waals surface area contributed by atoms with Crippen molar-refractivity contribution in [3.05, 3.63) is 42.6 Å². The summed E-state index contributed by atoms with van der Waals surface area (Å²) in [5.41, 5.74) is 3.00. The fraction of sp³-hybridized carbons (Fsp3) is 0.464. The lowest BCUT2D eigenvalue weighted by molar-refractivity contribution is -0.157. The summed E-state index contributed by atoms with van der Waals surface area (Å²) in [5.74, 6) is 1.36. The molecule has 6 rings (SSSR count). The quantitative estimate of drug-likeness (QED) is 0.344. The van der Waals surface area contributed by atoms with Gasteiger partial charge in [-0.25, -0.2) is 9.50 Å². The van der Waals surface area contributed by atoms with E-state index < -0.39 is 5.60 Å². The molecule has 0 spiro atoms. The molecule has 1 saturated carbocycles. The van der Waals surface area contributed by atoms with Gasteiger partial charge in [-0.1, -0.05) is 6.07 Å². The van der Waals surface area contributed by atoms with E-state index in [-0.39, 0.29) is 18.0 Å². The van der Waals surface area contributed by atoms with Crippen LogP contribution in [0.1, 0.15) is 40.0 Å². The molecule has 37 heavy (non-hydrogen) atoms. The smallest absolute Gasteiger partial charge is 0.306 e. The van der Waals surface area contributed by atoms with Crippen molar-refractivity contribution in [3.8, 4) is 17.3 Å². The van der Waals surface area contributed by atoms with Crippen LogP contribution < -0.4 is 9.64 Å². The van der Waals surface area contributed by atoms with E-state index in [0.29, 0.717) is 23.7 Å². The second kappa shape index (κ2) is 9.37. The SMILES string of the molecule is CC(C)(C)OC(=O)CC1CC(Oc2ccc3ncc(-c4cc5c(N6CCOCC6)cccc5o4)n3n2)C1. The van der Waals surface area contributed by atoms with E-state index in [9.17, 15) is 4.79 Å². The van der Waals surface area contributed by atoms with Crippen molar-refractivity contribution in [2.45, 2.75) is 51.7 Å². The van der Waals surface area contributed by atoms with Gasteiger partial charge >= 0.3 is 5.97 Å². The van der Waals surface area contributed by atoms with Gasteiger partial charge in [-0.05, 0) is 63.8 Å². The average Bonchev–Trinajstić information content (AvgIpc) is 3.45. The predicted molar refractivity (Wildman–Crippen MR) is 139 cm³/mol. The summed E-state index contributed by atoms with van der Waals surface area (Å²) in [7, 11) is 0. The van der Waals surface area contributed by atoms with E-state index in [1.807, 2.05) is 45.0 Å². The molecular weight excluding hydrogens is 472 g/mol. The Bertz CT molecular complexity index is 1420. The van der Waals surface area contributed by atoms with Crippen molar-refractivity contribution in [1.29, 1.82) is 0 Å². The molecule has 0 unspecified atom stereocenters. The van der Waals surface area contributed by atoms with E-state index >= 15 is 0 Å². The summed E-state index contributed by atoms with van der Waals surface area (Å²) in [5, 5.41) is 5.77. The van der Waals surface area contributed by atoms with Crippen LogP contribution in [0.2, 0.25) is 0 Å². The third kappa shape index (κ3) is 5.00. The van der Waals surface area contributed by atoms with Crippen LogP contribution in [0.15, 0.2) is 47.0 Å². The number of benzene rings is 1. The molecule has 0 N–H and O–H groups in total. The summed E-state index contributed by atoms with van der Waals surface area (Å²) in [6.07, 6.45) is 3.85. The Morgan fingerprint density at radius 1 is 1.14 bits per heavy atom. The number of aromatic nitrogens is 3. The highest BCUT2D eigenvalue weighted by atomic mass is 16.6. The van der Waals surface area contributed by atoms with Gasteiger partial charge in [-0.15, -0.1) is 5.10 Å². The standard InChI is InChI=1S/C28H32N4O5/c1-28(2,3)37-27(33)15-18-13-19(14-18)35-26-8-7-25-29-17-22(32(25)30-26)24-16-20-21(5-4-6-23(20)36-24)31-9-11-34-12-10-31/h4-8,16-19H,9-15H2,1-3H3. The number of nitrogens with zero attached hydrogens (tertiary/aromatic N) is 4. The largest absolute Gasteiger partial charge is 0.473 e. The third-order valence-corrected chi connectivity index (χ3v) is 6.84. The zero-order valence-corrected chi connectivity index (χ0v) is 21.5. The highest BCUT2D eigenvalue weighted by Gasteiger charge is 2.34. The van der Waals surface area contributed by atoms with E-state index in [1.54, 1.807) is 10.7 Å². The highest BCUT2D eigenvalue weighted by Crippen LogP contribution is 2.36. The third-order valence-electron chi connectivity index (χ3n) is 6.84. The molecule has 9 heteroatoms. The molecule has 2 aliphatic rings. The van der Waals surface area contributed by atoms with Gasteiger partial charge in [-0.2, -0.15) is 0 Å². The van der Waals surface area contributed by atoms with Gasteiger partial charge in [0.2, 0.25) is 5.88 Å². The summed E-state index contributed by atoms with van der Waals surface area (Å²) in [6.45, 7) is 8.83. The number of hydrogen-bond donors (Lipinski definition) is 0. The number of morpholine rings is 1. The number of furan rings is 1. The molecule has 0 bridgehead atoms. The lowest BCUT2D eigenvalue weighted by Gasteiger charge is -2.34. The first kappa shape index (κ1) is 23.8. The van der Waals surface area contributed by atoms with Crippen LogP contribution in [0, 0.1) is 5.92 Å². The maximum atomic E-state index is 12.1. The van der Waals surface area contributed by atoms with Crippen LogP contribution in [0.5, 0.6) is 5.88 Å². The lowest BCUT2D eigenvalue weighted by atomic mass is 9.80. The maximum Gasteiger partial charge on any atom is 0.306 e. The van der Waals surface area contributed by atoms with Crippen molar-refractivity contribution in [2.24, 2.45) is 5.92 Å². The molecule has 1 aliphatic carbocycles. The lowest BCUT2D eigenvalue weighted by Crippen LogP contribution is -2.36. The number of ether oxygens (including phenoxy) is 3. The Balaban J connectivity index is 1.18. The Hall–Kier alpha value is -3.59. The Kier molecular flexibility index (Phi) is 6.03. The fourth-order valence-electron chi connectivity index (χ4n) is 5.07. The molecule has 2 fully saturated rings. The molecule has 0 atom stereocenters. The van der Waals surface area contributed by atoms with Crippen LogP contribution >= 0.6 is 0 Å². The zero-order chi connectivity index (χ0) is 25.6. The van der Waals surface area contributed by atoms with Crippen LogP contribution in [0.25, 0.3) is 28.1 Å². The first-order valence-corrected chi connectivity index (χ1v) is 12.9. The number of carbonyl (C=O) groups excluding carboxylic acids is 1. The van der Waals surface area contributed by atoms with Gasteiger partial charge in [0.25, 0.3) is 0 Å². The number of carbonyl (C=O) groups is 1. The molecule has 3 aromatic heterocycles. The zero-order valence-electron chi connectivity index (χ0n) is 21.5. The van der Waals surface area contributed by atoms with Crippen LogP contribution in [-0.4, -0.2) is 58.6 Å². The number of fused-ring (bicyclic) bond motifs is 2. The minimum Gasteiger partial charge on any atom is -0.473 e. The van der Waals surface area contributed by atoms with Crippen molar-refractivity contribution in [1.82, 2.24) is 14.6 Å². The number of rotatable bonds is 6. The van der Waals surface area contributed by atoms with Crippen LogP contribution in [0.4, 0.5) is 5.69 Å². The summed E-state index contributed by atoms with van der Waals surface area (Å²) >= 11 is 0. The fourth-order valence-corrected chi connectivity index (χ4v) is 5.07. The average molecular weight is 505 g/mol. The summed E-state index contributed by atoms with van der Waals surface area (Å²) in [6, 6.07) is 11.9. The topological polar surface area (TPSA) is 91.3 Å². The molecule has 4 aromatic rings. The van der Waals surface area contributed by atoms with Crippen LogP contribution in [-0.2, 0) is 14.3 Å². The monoisotopic (exact) mass is 504 g/mol. The van der Waals surface area contributed by atoms with E-state index in [0.717, 1.165) is 61.5 Å². The van der Waals surface area contributed by atoms with Gasteiger partial charge in [0.15, 0.2) is 11.4 Å². The van der Waals surface area contributed by atoms with Gasteiger partial charge in [0.1, 0.15) is 23.0 Å². The predicted octanol–water partition coefficient (Wildman–Crippen LogP) is 4.87. The Labute approximate surface area is 215 Å². The molecular formula is C28H32N4O5. The molecule has 1 aliphatic heterocycles. The first-order valence-electron chi connectivity index (χ1n) is 12.9. The summed E-state index contributed by atoms with van der Waals surface area (Å²) in [4.78, 5) is 18.9. The molecule has 4 heterocycles. The molecule has 9 nitrogen and oxygen atoms in total. The molecule has 1 aromatic carbocycles. The first-order chi connectivity index (χ1) is 17.8. The number of hydrogen-bond acceptors (Lipinski definition) is 8. The Morgan fingerprint density at radius 3 is 2.73 bits per heavy atom. The highest BCUT2D eigenvalue weighted by molar-refractivity contribution is 5.94. The van der Waals surface area contributed by atoms with Gasteiger partial charge in [0.05, 0.1) is 19.4 Å². The van der Waals surface area contributed by atoms with Crippen molar-refractivity contribution in [2.75, 3.05) is 31.2 Å². The van der Waals surface area contributed by atoms with Crippen molar-refractivity contribution >= 4 is 28.3 Å². The van der Waals surface area contributed by atoms with Crippen molar-refractivity contribution < 1.29 is 23.4 Å². The van der Waals surface area contributed by atoms with Crippen molar-refractivity contribution in [3.63, 3.8) is 0 Å². The number of imidazole rings is 1. The molecule has 194 valence electrons. The second-order valence-electron chi connectivity index (χ2n) is 10.9. The number of anilines is 1. The molecule has 0 amide bonds. The number of esters is 1. The van der Waals surface area contributed by atoms with E-state index in [4.69, 9.17) is 23.7 Å². The second-order valence-corrected chi connectivity index (χ2v) is 10.9. The molecule has 1 saturated heterocycles. The maximum absolute atomic E-state index is 12.1. The minimum absolute atomic E-state index is 0.0339. The summed E-state index contributed by atoms with van der Waals surface area (Å²) < 4.78 is 25.1. The Morgan fingerprint density at radius 2 is 1.95 bits per heavy atom. The molecule has 0 radical (unpaired) electrons. The van der Waals surface area contributed by atoms with Gasteiger partial charge < -0.3 is 23.5 Å². The normalized spacial score (nSPS) is 20.2. The van der Waals surface area contributed by atoms with Gasteiger partial charge in [0, 0.05) is 36.7 Å². The van der Waals surface area contributed by atoms with E-state index in [1.165, 1.54) is 0 Å². The van der Waals surface area contributed by atoms with Crippen LogP contribution in [0.3, 0.4) is 0 Å². The van der Waals surface area contributed by atoms with Gasteiger partial charge in [-0.3, -0.25) is 4.79 Å².